The highest BCUT2D eigenvalue weighted by Crippen LogP contribution is 2.34. The number of ether oxygens (including phenoxy) is 2. The van der Waals surface area contributed by atoms with E-state index in [1.807, 2.05) is 24.3 Å². The van der Waals surface area contributed by atoms with Crippen molar-refractivity contribution in [3.63, 3.8) is 0 Å². The molecule has 5 heteroatoms. The van der Waals surface area contributed by atoms with E-state index in [0.717, 1.165) is 18.6 Å². The van der Waals surface area contributed by atoms with Gasteiger partial charge in [-0.05, 0) is 43.9 Å². The predicted molar refractivity (Wildman–Crippen MR) is 122 cm³/mol. The lowest BCUT2D eigenvalue weighted by atomic mass is 10.0. The van der Waals surface area contributed by atoms with Crippen LogP contribution in [0.2, 0.25) is 0 Å². The smallest absolute Gasteiger partial charge is 0.187 e. The molecule has 0 saturated carbocycles. The van der Waals surface area contributed by atoms with Crippen LogP contribution in [0.5, 0.6) is 0 Å². The number of hydrogen-bond donors (Lipinski definition) is 0. The minimum Gasteiger partial charge on any atom is -0.345 e. The summed E-state index contributed by atoms with van der Waals surface area (Å²) in [6.45, 7) is 7.74. The Morgan fingerprint density at radius 3 is 2.57 bits per heavy atom. The molecule has 0 bridgehead atoms. The Morgan fingerprint density at radius 1 is 1.10 bits per heavy atom. The van der Waals surface area contributed by atoms with E-state index < -0.39 is 5.79 Å². The van der Waals surface area contributed by atoms with Crippen LogP contribution < -0.4 is 0 Å². The van der Waals surface area contributed by atoms with Crippen LogP contribution in [0.4, 0.5) is 0 Å². The molecule has 30 heavy (non-hydrogen) atoms. The maximum Gasteiger partial charge on any atom is 0.187 e. The standard InChI is InChI=1S/C25H30N2O2S/c1-19-7-9-22(10-8-19)11-12-25(17-27-14-13-26-18-27)28-15-23(29-25)16-30-24-20(2)5-4-6-21(24)3/h4-10,13-14,18,23H,11-12,15-17H2,1-3H3. The quantitative estimate of drug-likeness (QED) is 0.459. The van der Waals surface area contributed by atoms with Crippen LogP contribution in [0.3, 0.4) is 0 Å². The molecule has 1 aliphatic heterocycles. The normalized spacial score (nSPS) is 21.2. The first-order chi connectivity index (χ1) is 14.5. The molecule has 0 spiro atoms. The highest BCUT2D eigenvalue weighted by atomic mass is 32.2. The van der Waals surface area contributed by atoms with Gasteiger partial charge in [0.1, 0.15) is 0 Å². The zero-order valence-electron chi connectivity index (χ0n) is 18.0. The van der Waals surface area contributed by atoms with E-state index in [1.54, 1.807) is 6.20 Å². The first-order valence-corrected chi connectivity index (χ1v) is 11.5. The van der Waals surface area contributed by atoms with Gasteiger partial charge in [-0.15, -0.1) is 11.8 Å². The highest BCUT2D eigenvalue weighted by Gasteiger charge is 2.41. The third-order valence-electron chi connectivity index (χ3n) is 5.63. The van der Waals surface area contributed by atoms with Crippen molar-refractivity contribution in [3.8, 4) is 0 Å². The molecule has 2 atom stereocenters. The number of benzene rings is 2. The summed E-state index contributed by atoms with van der Waals surface area (Å²) in [7, 11) is 0. The Balaban J connectivity index is 1.43. The number of imidazole rings is 1. The molecule has 1 aromatic heterocycles. The Morgan fingerprint density at radius 2 is 1.87 bits per heavy atom. The predicted octanol–water partition coefficient (Wildman–Crippen LogP) is 5.35. The van der Waals surface area contributed by atoms with Crippen LogP contribution in [-0.2, 0) is 22.4 Å². The maximum atomic E-state index is 6.58. The van der Waals surface area contributed by atoms with Crippen LogP contribution in [-0.4, -0.2) is 33.8 Å². The molecule has 0 aliphatic carbocycles. The van der Waals surface area contributed by atoms with Gasteiger partial charge in [0.15, 0.2) is 5.79 Å². The molecule has 0 radical (unpaired) electrons. The number of nitrogens with zero attached hydrogens (tertiary/aromatic N) is 2. The first-order valence-electron chi connectivity index (χ1n) is 10.6. The summed E-state index contributed by atoms with van der Waals surface area (Å²) in [5.41, 5.74) is 5.24. The number of hydrogen-bond acceptors (Lipinski definition) is 4. The average Bonchev–Trinajstić information content (AvgIpc) is 3.38. The SMILES string of the molecule is Cc1ccc(CCC2(Cn3ccnc3)OCC(CSc3c(C)cccc3C)O2)cc1. The van der Waals surface area contributed by atoms with Gasteiger partial charge in [0.05, 0.1) is 25.6 Å². The summed E-state index contributed by atoms with van der Waals surface area (Å²) >= 11 is 1.87. The monoisotopic (exact) mass is 422 g/mol. The molecular formula is C25H30N2O2S. The molecule has 2 aromatic carbocycles. The number of aryl methyl sites for hydroxylation is 4. The lowest BCUT2D eigenvalue weighted by Gasteiger charge is -2.29. The van der Waals surface area contributed by atoms with Crippen LogP contribution in [0, 0.1) is 20.8 Å². The van der Waals surface area contributed by atoms with E-state index in [-0.39, 0.29) is 6.10 Å². The summed E-state index contributed by atoms with van der Waals surface area (Å²) in [6.07, 6.45) is 7.43. The zero-order valence-corrected chi connectivity index (χ0v) is 18.8. The van der Waals surface area contributed by atoms with Crippen molar-refractivity contribution in [1.82, 2.24) is 9.55 Å². The maximum absolute atomic E-state index is 6.58. The van der Waals surface area contributed by atoms with Gasteiger partial charge in [-0.3, -0.25) is 0 Å². The molecule has 4 rings (SSSR count). The van der Waals surface area contributed by atoms with Crippen LogP contribution in [0.1, 0.15) is 28.7 Å². The summed E-state index contributed by atoms with van der Waals surface area (Å²) in [5, 5.41) is 0. The second kappa shape index (κ2) is 9.38. The Labute approximate surface area is 183 Å². The second-order valence-electron chi connectivity index (χ2n) is 8.21. The third kappa shape index (κ3) is 5.15. The highest BCUT2D eigenvalue weighted by molar-refractivity contribution is 7.99. The van der Waals surface area contributed by atoms with Gasteiger partial charge >= 0.3 is 0 Å². The van der Waals surface area contributed by atoms with E-state index in [1.165, 1.54) is 27.1 Å². The first kappa shape index (κ1) is 21.2. The summed E-state index contributed by atoms with van der Waals surface area (Å²) in [5.74, 6) is 0.277. The molecular weight excluding hydrogens is 392 g/mol. The van der Waals surface area contributed by atoms with Crippen LogP contribution in [0.15, 0.2) is 66.1 Å². The van der Waals surface area contributed by atoms with Crippen molar-refractivity contribution in [3.05, 3.63) is 83.4 Å². The van der Waals surface area contributed by atoms with Gasteiger partial charge < -0.3 is 14.0 Å². The summed E-state index contributed by atoms with van der Waals surface area (Å²) in [4.78, 5) is 5.54. The third-order valence-corrected chi connectivity index (χ3v) is 7.10. The van der Waals surface area contributed by atoms with Crippen molar-refractivity contribution in [1.29, 1.82) is 0 Å². The fraction of sp³-hybridized carbons (Fsp3) is 0.400. The lowest BCUT2D eigenvalue weighted by Crippen LogP contribution is -2.37. The molecule has 158 valence electrons. The Kier molecular flexibility index (Phi) is 6.61. The number of thioether (sulfide) groups is 1. The topological polar surface area (TPSA) is 36.3 Å². The van der Waals surface area contributed by atoms with Crippen molar-refractivity contribution >= 4 is 11.8 Å². The fourth-order valence-corrected chi connectivity index (χ4v) is 5.05. The van der Waals surface area contributed by atoms with Gasteiger partial charge in [-0.2, -0.15) is 0 Å². The van der Waals surface area contributed by atoms with Crippen molar-refractivity contribution in [2.75, 3.05) is 12.4 Å². The lowest BCUT2D eigenvalue weighted by molar-refractivity contribution is -0.180. The number of aromatic nitrogens is 2. The number of rotatable bonds is 8. The zero-order chi connectivity index (χ0) is 21.0. The fourth-order valence-electron chi connectivity index (χ4n) is 3.94. The summed E-state index contributed by atoms with van der Waals surface area (Å²) < 4.78 is 15.0. The van der Waals surface area contributed by atoms with E-state index in [0.29, 0.717) is 13.2 Å². The minimum absolute atomic E-state index is 0.0792. The van der Waals surface area contributed by atoms with E-state index >= 15 is 0 Å². The van der Waals surface area contributed by atoms with Gasteiger partial charge in [-0.1, -0.05) is 48.0 Å². The Hall–Kier alpha value is -2.08. The van der Waals surface area contributed by atoms with Crippen LogP contribution >= 0.6 is 11.8 Å². The average molecular weight is 423 g/mol. The largest absolute Gasteiger partial charge is 0.345 e. The van der Waals surface area contributed by atoms with Crippen molar-refractivity contribution < 1.29 is 9.47 Å². The molecule has 2 unspecified atom stereocenters. The van der Waals surface area contributed by atoms with E-state index in [9.17, 15) is 0 Å². The molecule has 1 fully saturated rings. The molecule has 0 amide bonds. The van der Waals surface area contributed by atoms with Gasteiger partial charge in [0.25, 0.3) is 0 Å². The van der Waals surface area contributed by atoms with E-state index in [2.05, 4.69) is 72.8 Å². The van der Waals surface area contributed by atoms with Gasteiger partial charge in [-0.25, -0.2) is 4.98 Å². The Bertz CT molecular complexity index is 936. The molecule has 4 nitrogen and oxygen atoms in total. The minimum atomic E-state index is -0.614. The molecule has 1 saturated heterocycles. The second-order valence-corrected chi connectivity index (χ2v) is 9.24. The van der Waals surface area contributed by atoms with Crippen molar-refractivity contribution in [2.45, 2.75) is 56.9 Å². The molecule has 3 aromatic rings. The van der Waals surface area contributed by atoms with Gasteiger partial charge in [0, 0.05) is 29.5 Å². The van der Waals surface area contributed by atoms with Crippen LogP contribution in [0.25, 0.3) is 0 Å². The van der Waals surface area contributed by atoms with E-state index in [4.69, 9.17) is 9.47 Å². The van der Waals surface area contributed by atoms with Crippen molar-refractivity contribution in [2.24, 2.45) is 0 Å². The molecule has 2 heterocycles. The van der Waals surface area contributed by atoms with Gasteiger partial charge in [0.2, 0.25) is 0 Å². The molecule has 0 N–H and O–H groups in total. The molecule has 1 aliphatic rings. The summed E-state index contributed by atoms with van der Waals surface area (Å²) in [6, 6.07) is 15.2.